The van der Waals surface area contributed by atoms with Gasteiger partial charge in [0.25, 0.3) is 0 Å². The van der Waals surface area contributed by atoms with Gasteiger partial charge in [-0.2, -0.15) is 25.5 Å². The Kier molecular flexibility index (Phi) is 31.4. The number of amides is 6. The van der Waals surface area contributed by atoms with E-state index in [-0.39, 0.29) is 42.0 Å². The summed E-state index contributed by atoms with van der Waals surface area (Å²) >= 11 is 0. The monoisotopic (exact) mass is 1780 g/mol. The molecule has 132 heavy (non-hydrogen) atoms. The van der Waals surface area contributed by atoms with Gasteiger partial charge in [0.1, 0.15) is 18.8 Å². The summed E-state index contributed by atoms with van der Waals surface area (Å²) in [7, 11) is 1.69. The molecule has 12 heterocycles. The Morgan fingerprint density at radius 1 is 0.386 bits per heavy atom. The van der Waals surface area contributed by atoms with E-state index in [4.69, 9.17) is 29.5 Å². The molecule has 0 aliphatic carbocycles. The van der Waals surface area contributed by atoms with Crippen LogP contribution in [-0.2, 0) is 144 Å². The number of hydrogen-bond acceptors (Lipinski definition) is 20. The van der Waals surface area contributed by atoms with Crippen molar-refractivity contribution >= 4 is 93.0 Å². The Labute approximate surface area is 771 Å². The van der Waals surface area contributed by atoms with Crippen molar-refractivity contribution in [1.82, 2.24) is 88.7 Å². The predicted molar refractivity (Wildman–Crippen MR) is 512 cm³/mol. The van der Waals surface area contributed by atoms with Crippen LogP contribution in [0.5, 0.6) is 0 Å². The van der Waals surface area contributed by atoms with Crippen molar-refractivity contribution in [3.8, 4) is 0 Å². The number of aryl methyl sites for hydroxylation is 9. The molecule has 0 bridgehead atoms. The molecule has 13 aromatic rings. The van der Waals surface area contributed by atoms with E-state index in [1.807, 2.05) is 151 Å². The summed E-state index contributed by atoms with van der Waals surface area (Å²) in [6.07, 6.45) is 10.7. The van der Waals surface area contributed by atoms with Gasteiger partial charge in [-0.1, -0.05) is 97.1 Å². The average Bonchev–Trinajstić information content (AvgIpc) is 1.66. The van der Waals surface area contributed by atoms with Crippen LogP contribution in [0.2, 0.25) is 0 Å². The highest BCUT2D eigenvalue weighted by atomic mass is 16.5. The number of oxazole rings is 1. The number of pyridine rings is 1. The van der Waals surface area contributed by atoms with Crippen LogP contribution in [0.1, 0.15) is 143 Å². The highest BCUT2D eigenvalue weighted by molar-refractivity contribution is 5.79. The number of benzene rings is 6. The number of aromatic nitrogens is 12. The average molecular weight is 1790 g/mol. The Hall–Kier alpha value is -14.5. The van der Waals surface area contributed by atoms with Crippen LogP contribution in [0.25, 0.3) is 0 Å². The third-order valence-electron chi connectivity index (χ3n) is 24.0. The van der Waals surface area contributed by atoms with Crippen LogP contribution in [-0.4, -0.2) is 172 Å². The standard InChI is InChI=1S/C23H26N4O.C22H25N5O.C19H21N5O2.C19H25N5O2.C18H24N4O2/c1-17-7-6-10-20(15-17)24-23-21-16-26(18(2)28)13-12-22(21)27(25-23)14-11-19-8-4-3-5-9-19;1-16-6-5-8-19(14-16)24-22-20-15-26(17(2)28)12-10-21(20)27(25-22)13-9-18-7-3-4-11-23-18;1-13-4-3-5-15(8-13)21-19-17-11-23(14(2)25)7-6-18(17)24(22-19)10-16-9-20-12-26-16;1-4-20-18(26)12-24-17-8-9-23(14(3)25)11-16(17)19(22-24)21-15-7-5-6-13(2)10-15;1-13-5-4-6-15(11-13)19-18-16-12-21(14(2)23)8-7-17(16)22(20-18)9-10-24-3/h3-10,15H,11-14,16H2,1-2H3,(H,24,25);3-8,11,14H,9-10,12-13,15H2,1-2H3,(H,24,25);3-5,8-9,12H,6-7,10-11H2,1-2H3,(H,21,22);5-7,10H,4,8-9,11-12H2,1-3H3,(H,20,26)(H,21,22);4-6,11H,7-10,12H2,1-3H3,(H,19,20). The first kappa shape index (κ1) is 93.7. The van der Waals surface area contributed by atoms with Gasteiger partial charge >= 0.3 is 0 Å². The van der Waals surface area contributed by atoms with E-state index in [2.05, 4.69) is 157 Å². The number of nitrogens with one attached hydrogen (secondary N) is 6. The van der Waals surface area contributed by atoms with Crippen LogP contribution >= 0.6 is 0 Å². The molecule has 0 fully saturated rings. The molecule has 0 spiro atoms. The van der Waals surface area contributed by atoms with E-state index < -0.39 is 0 Å². The van der Waals surface area contributed by atoms with Crippen molar-refractivity contribution in [3.63, 3.8) is 0 Å². The molecule has 5 aliphatic rings. The maximum absolute atomic E-state index is 12.0. The van der Waals surface area contributed by atoms with Gasteiger partial charge in [-0.25, -0.2) is 4.98 Å². The normalized spacial score (nSPS) is 13.4. The molecule has 0 unspecified atom stereocenters. The van der Waals surface area contributed by atoms with Gasteiger partial charge in [-0.15, -0.1) is 0 Å². The van der Waals surface area contributed by atoms with E-state index in [1.165, 1.54) is 51.3 Å². The maximum Gasteiger partial charge on any atom is 0.241 e. The minimum atomic E-state index is -0.0612. The van der Waals surface area contributed by atoms with E-state index in [9.17, 15) is 28.8 Å². The lowest BCUT2D eigenvalue weighted by molar-refractivity contribution is -0.130. The summed E-state index contributed by atoms with van der Waals surface area (Å²) in [5.74, 6) is 5.18. The lowest BCUT2D eigenvalue weighted by atomic mass is 10.1. The summed E-state index contributed by atoms with van der Waals surface area (Å²) in [4.78, 5) is 89.0. The SMILES string of the molecule is CC(=O)N1CCc2c(c(Nc3cccc(C)c3)nn2CCc2ccccc2)C1.CC(=O)N1CCc2c(c(Nc3cccc(C)c3)nn2CCc2ccccn2)C1.CC(=O)N1CCc2c(c(Nc3cccc(C)c3)nn2Cc2cnco2)C1.CCNC(=O)Cn1nc(Nc2cccc(C)c2)c2c1CCN(C(C)=O)C2.COCCn1nc(Nc2cccc(C)c2)c2c1CCN(C(C)=O)C2. The molecule has 7 aromatic heterocycles. The summed E-state index contributed by atoms with van der Waals surface area (Å²) < 4.78 is 20.5. The van der Waals surface area contributed by atoms with Crippen molar-refractivity contribution in [3.05, 3.63) is 290 Å². The first-order chi connectivity index (χ1) is 63.8. The second-order valence-corrected chi connectivity index (χ2v) is 34.0. The Morgan fingerprint density at radius 2 is 0.720 bits per heavy atom. The number of likely N-dealkylation sites (N-methyl/N-ethyl adjacent to an activating group) is 1. The van der Waals surface area contributed by atoms with Crippen molar-refractivity contribution < 1.29 is 37.9 Å². The minimum absolute atomic E-state index is 0.0497. The van der Waals surface area contributed by atoms with E-state index in [0.29, 0.717) is 84.3 Å². The van der Waals surface area contributed by atoms with Gasteiger partial charge in [-0.3, -0.25) is 57.2 Å². The van der Waals surface area contributed by atoms with E-state index >= 15 is 0 Å². The van der Waals surface area contributed by atoms with Gasteiger partial charge in [-0.05, 0) is 154 Å². The maximum atomic E-state index is 12.0. The Morgan fingerprint density at radius 3 is 1.05 bits per heavy atom. The van der Waals surface area contributed by atoms with Gasteiger partial charge in [0.15, 0.2) is 35.5 Å². The third kappa shape index (κ3) is 24.5. The highest BCUT2D eigenvalue weighted by Crippen LogP contribution is 2.36. The minimum Gasteiger partial charge on any atom is -0.447 e. The first-order valence-electron chi connectivity index (χ1n) is 45.3. The van der Waals surface area contributed by atoms with Crippen LogP contribution < -0.4 is 31.9 Å². The smallest absolute Gasteiger partial charge is 0.241 e. The number of fused-ring (bicyclic) bond motifs is 5. The molecule has 0 atom stereocenters. The predicted octanol–water partition coefficient (Wildman–Crippen LogP) is 14.9. The van der Waals surface area contributed by atoms with E-state index in [1.54, 1.807) is 52.6 Å². The fourth-order valence-electron chi connectivity index (χ4n) is 17.1. The molecular formula is C101H121N23O8. The van der Waals surface area contributed by atoms with Crippen molar-refractivity contribution in [1.29, 1.82) is 0 Å². The first-order valence-corrected chi connectivity index (χ1v) is 45.3. The van der Waals surface area contributed by atoms with Crippen LogP contribution in [0.4, 0.5) is 57.5 Å². The second-order valence-electron chi connectivity index (χ2n) is 34.0. The lowest BCUT2D eigenvalue weighted by Gasteiger charge is -2.26. The third-order valence-corrected chi connectivity index (χ3v) is 24.0. The van der Waals surface area contributed by atoms with Gasteiger partial charge < -0.3 is 65.6 Å². The molecule has 18 rings (SSSR count). The number of rotatable bonds is 24. The molecule has 0 radical (unpaired) electrons. The Bertz CT molecular complexity index is 6010. The summed E-state index contributed by atoms with van der Waals surface area (Å²) in [5, 5.41) is 43.8. The largest absolute Gasteiger partial charge is 0.447 e. The molecule has 31 heteroatoms. The fraction of sp³-hybridized carbons (Fsp3) is 0.356. The number of anilines is 10. The van der Waals surface area contributed by atoms with Gasteiger partial charge in [0, 0.05) is 229 Å². The number of nitrogens with zero attached hydrogens (tertiary/aromatic N) is 17. The zero-order valence-electron chi connectivity index (χ0n) is 77.7. The summed E-state index contributed by atoms with van der Waals surface area (Å²) in [6.45, 7) is 31.0. The molecule has 6 N–H and O–H groups in total. The number of carbonyl (C=O) groups is 6. The van der Waals surface area contributed by atoms with Gasteiger partial charge in [0.05, 0.1) is 52.1 Å². The number of ether oxygens (including phenoxy) is 1. The molecule has 6 amide bonds. The van der Waals surface area contributed by atoms with Gasteiger partial charge in [0.2, 0.25) is 35.4 Å². The lowest BCUT2D eigenvalue weighted by Crippen LogP contribution is -2.35. The van der Waals surface area contributed by atoms with Crippen molar-refractivity contribution in [2.75, 3.05) is 79.6 Å². The Balaban J connectivity index is 0.000000133. The van der Waals surface area contributed by atoms with Crippen LogP contribution in [0.15, 0.2) is 193 Å². The molecule has 5 aliphatic heterocycles. The zero-order chi connectivity index (χ0) is 92.9. The molecular weight excluding hydrogens is 1660 g/mol. The van der Waals surface area contributed by atoms with Crippen LogP contribution in [0, 0.1) is 34.6 Å². The topological polar surface area (TPSA) is 328 Å². The van der Waals surface area contributed by atoms with Crippen molar-refractivity contribution in [2.24, 2.45) is 0 Å². The number of hydrogen-bond donors (Lipinski definition) is 6. The molecule has 6 aromatic carbocycles. The molecule has 31 nitrogen and oxygen atoms in total. The molecule has 0 saturated heterocycles. The van der Waals surface area contributed by atoms with Crippen molar-refractivity contribution in [2.45, 2.75) is 187 Å². The summed E-state index contributed by atoms with van der Waals surface area (Å²) in [5.41, 5.74) is 24.4. The zero-order valence-corrected chi connectivity index (χ0v) is 77.7. The summed E-state index contributed by atoms with van der Waals surface area (Å²) in [6, 6.07) is 57.4. The quantitative estimate of drug-likeness (QED) is 0.0327. The highest BCUT2D eigenvalue weighted by Gasteiger charge is 2.33. The van der Waals surface area contributed by atoms with Crippen LogP contribution in [0.3, 0.4) is 0 Å². The number of methoxy groups -OCH3 is 1. The van der Waals surface area contributed by atoms with E-state index in [0.717, 1.165) is 179 Å². The number of carbonyl (C=O) groups excluding carboxylic acids is 6. The second kappa shape index (κ2) is 44.2. The fourth-order valence-corrected chi connectivity index (χ4v) is 17.1. The molecule has 0 saturated carbocycles. The molecule has 688 valence electrons.